The van der Waals surface area contributed by atoms with Crippen LogP contribution >= 0.6 is 34.8 Å². The van der Waals surface area contributed by atoms with Crippen molar-refractivity contribution in [2.45, 2.75) is 17.8 Å². The van der Waals surface area contributed by atoms with Gasteiger partial charge in [0.1, 0.15) is 88.5 Å². The molecule has 0 bridgehead atoms. The van der Waals surface area contributed by atoms with Crippen LogP contribution in [-0.4, -0.2) is 172 Å². The number of aromatic amines is 2. The number of carbonyl (C=O) groups is 6. The predicted octanol–water partition coefficient (Wildman–Crippen LogP) is 14.9. The summed E-state index contributed by atoms with van der Waals surface area (Å²) in [5, 5.41) is 73.2. The molecule has 18 rings (SSSR count). The van der Waals surface area contributed by atoms with E-state index in [2.05, 4.69) is 40.9 Å². The molecule has 30 heteroatoms. The number of phenolic OH excluding ortho intramolecular Hbond substituents is 3. The smallest absolute Gasteiger partial charge is 0.278 e. The third-order valence-electron chi connectivity index (χ3n) is 21.0. The van der Waals surface area contributed by atoms with E-state index in [9.17, 15) is 44.1 Å². The Bertz CT molecular complexity index is 5870. The Labute approximate surface area is 698 Å². The molecule has 9 aromatic carbocycles. The van der Waals surface area contributed by atoms with E-state index >= 15 is 0 Å². The molecular formula is C90H75Cl3N12O15. The molecule has 15 aromatic rings. The van der Waals surface area contributed by atoms with Crippen molar-refractivity contribution in [3.63, 3.8) is 0 Å². The third-order valence-corrected chi connectivity index (χ3v) is 22.1. The zero-order chi connectivity index (χ0) is 83.4. The number of hydrogen-bond acceptors (Lipinski definition) is 18. The van der Waals surface area contributed by atoms with E-state index in [4.69, 9.17) is 64.3 Å². The van der Waals surface area contributed by atoms with Gasteiger partial charge in [0.25, 0.3) is 35.4 Å². The van der Waals surface area contributed by atoms with Gasteiger partial charge in [-0.25, -0.2) is 15.0 Å². The minimum absolute atomic E-state index is 0.0747. The number of carbonyl (C=O) groups excluding carboxylic acids is 6. The van der Waals surface area contributed by atoms with Gasteiger partial charge in [-0.2, -0.15) is 0 Å². The second-order valence-corrected chi connectivity index (χ2v) is 29.5. The van der Waals surface area contributed by atoms with Crippen molar-refractivity contribution >= 4 is 164 Å². The number of aliphatic hydroxyl groups is 3. The molecule has 6 amide bonds. The lowest BCUT2D eigenvalue weighted by Crippen LogP contribution is -2.30. The average molecular weight is 1670 g/mol. The molecule has 606 valence electrons. The Morgan fingerprint density at radius 2 is 0.833 bits per heavy atom. The maximum atomic E-state index is 13.7. The van der Waals surface area contributed by atoms with Gasteiger partial charge in [0.15, 0.2) is 0 Å². The van der Waals surface area contributed by atoms with E-state index in [-0.39, 0.29) is 116 Å². The number of nitrogens with one attached hydrogen (secondary N) is 5. The summed E-state index contributed by atoms with van der Waals surface area (Å²) < 4.78 is 17.7. The molecular weight excluding hydrogens is 1600 g/mol. The highest BCUT2D eigenvalue weighted by Gasteiger charge is 2.39. The number of hydrogen-bond donors (Lipinski definition) is 11. The first-order valence-electron chi connectivity index (χ1n) is 38.2. The van der Waals surface area contributed by atoms with Crippen LogP contribution in [0.15, 0.2) is 225 Å². The van der Waals surface area contributed by atoms with Crippen LogP contribution in [0.25, 0.3) is 59.9 Å². The minimum Gasteiger partial charge on any atom is -0.507 e. The van der Waals surface area contributed by atoms with Gasteiger partial charge in [0.2, 0.25) is 0 Å². The lowest BCUT2D eigenvalue weighted by Gasteiger charge is -2.17. The van der Waals surface area contributed by atoms with E-state index in [1.54, 1.807) is 165 Å². The molecule has 0 radical (unpaired) electrons. The molecule has 0 fully saturated rings. The quantitative estimate of drug-likeness (QED) is 0.0298. The Morgan fingerprint density at radius 3 is 1.27 bits per heavy atom. The van der Waals surface area contributed by atoms with Gasteiger partial charge in [-0.3, -0.25) is 28.8 Å². The van der Waals surface area contributed by atoms with Crippen LogP contribution in [0, 0.1) is 0 Å². The van der Waals surface area contributed by atoms with Crippen molar-refractivity contribution in [3.8, 4) is 34.5 Å². The summed E-state index contributed by atoms with van der Waals surface area (Å²) in [6.45, 7) is 1.41. The van der Waals surface area contributed by atoms with E-state index in [0.29, 0.717) is 144 Å². The largest absolute Gasteiger partial charge is 0.507 e. The number of amides is 6. The number of imidazole rings is 1. The first-order chi connectivity index (χ1) is 58.4. The Balaban J connectivity index is 0.000000134. The van der Waals surface area contributed by atoms with Crippen molar-refractivity contribution in [3.05, 3.63) is 275 Å². The number of fused-ring (bicyclic) bond motifs is 12. The Kier molecular flexibility index (Phi) is 23.2. The standard InChI is InChI=1S/3C30H25ClN4O5/c31-14-19-15-35(25-13-26(37)22-3-1-2-4-23(22)28(19)25)30(39)24-17-34-16-20(7-10-27(34)33-24)32-29(38)18-5-8-21(9-6-18)40-12-11-36;31-14-19-16-35(25-13-26(37)22-3-1-2-4-23(22)27(19)25)30(39)24-12-18-11-20(15-32-28(18)34-24)33-29(38)17-5-7-21(8-6-17)40-10-9-36;31-14-19-16-35(25-13-26(37)21-3-1-2-4-22(21)28(19)25)30(39)23-11-18-12-27(32-15-24(18)33-23)34-29(38)17-5-7-20(8-6-17)40-10-9-36/h1-10,13,16-17,19,36-37H,11-12,14-15H2,(H,32,38);1-8,11-13,15,19,36-37H,9-10,14,16H2,(H,32,34)(H,33,38);1-8,11-13,15,19,33,36-37H,9-10,14,16H2,(H,32,34,38)/t3*19-/m111/s1. The lowest BCUT2D eigenvalue weighted by atomic mass is 9.95. The van der Waals surface area contributed by atoms with Gasteiger partial charge in [-0.15, -0.1) is 34.8 Å². The molecule has 27 nitrogen and oxygen atoms in total. The molecule has 0 saturated heterocycles. The van der Waals surface area contributed by atoms with Crippen molar-refractivity contribution in [1.29, 1.82) is 0 Å². The Hall–Kier alpha value is -13.8. The summed E-state index contributed by atoms with van der Waals surface area (Å²) in [4.78, 5) is 104. The maximum Gasteiger partial charge on any atom is 0.278 e. The summed E-state index contributed by atoms with van der Waals surface area (Å²) in [5.74, 6) is 1.27. The van der Waals surface area contributed by atoms with E-state index in [0.717, 1.165) is 49.0 Å². The van der Waals surface area contributed by atoms with Crippen molar-refractivity contribution in [1.82, 2.24) is 29.3 Å². The van der Waals surface area contributed by atoms with E-state index < -0.39 is 0 Å². The second kappa shape index (κ2) is 34.8. The van der Waals surface area contributed by atoms with Crippen LogP contribution in [-0.2, 0) is 0 Å². The van der Waals surface area contributed by atoms with E-state index in [1.165, 1.54) is 6.20 Å². The summed E-state index contributed by atoms with van der Waals surface area (Å²) >= 11 is 19.0. The SMILES string of the molecule is O=C(Nc1cc2cc(C(=O)N3C[C@@H](CCl)c4c3cc(O)c3ccccc43)[nH]c2cn1)c1ccc(OCCO)cc1.O=C(Nc1ccc2nc(C(=O)N3C[C@@H](CCl)c4c3cc(O)c3ccccc43)cn2c1)c1ccc(OCCO)cc1.O=C(Nc1cnc2[nH]c(C(=O)N3C[C@@H](CCl)c4c3cc(O)c3ccccc43)cc2c1)c1ccc(OCCO)cc1. The van der Waals surface area contributed by atoms with Gasteiger partial charge >= 0.3 is 0 Å². The molecule has 3 aliphatic rings. The van der Waals surface area contributed by atoms with Gasteiger partial charge in [0, 0.05) is 129 Å². The highest BCUT2D eigenvalue weighted by atomic mass is 35.5. The number of nitrogens with zero attached hydrogens (tertiary/aromatic N) is 7. The third kappa shape index (κ3) is 16.1. The highest BCUT2D eigenvalue weighted by Crippen LogP contribution is 2.49. The average Bonchev–Trinajstić information content (AvgIpc) is 1.58. The number of halogens is 3. The molecule has 3 aliphatic heterocycles. The van der Waals surface area contributed by atoms with Crippen molar-refractivity contribution in [2.75, 3.05) is 108 Å². The molecule has 120 heavy (non-hydrogen) atoms. The summed E-state index contributed by atoms with van der Waals surface area (Å²) in [7, 11) is 0. The number of alkyl halides is 3. The zero-order valence-corrected chi connectivity index (χ0v) is 66.0. The van der Waals surface area contributed by atoms with Crippen molar-refractivity contribution < 1.29 is 73.6 Å². The van der Waals surface area contributed by atoms with Gasteiger partial charge in [-0.05, 0) is 142 Å². The lowest BCUT2D eigenvalue weighted by molar-refractivity contribution is 0.0976. The molecule has 3 atom stereocenters. The fraction of sp³-hybridized carbons (Fsp3) is 0.167. The fourth-order valence-corrected chi connectivity index (χ4v) is 16.2. The normalized spacial score (nSPS) is 14.4. The number of aromatic hydroxyl groups is 3. The summed E-state index contributed by atoms with van der Waals surface area (Å²) in [6.07, 6.45) is 6.39. The number of pyridine rings is 3. The van der Waals surface area contributed by atoms with Crippen LogP contribution < -0.4 is 44.9 Å². The Morgan fingerprint density at radius 1 is 0.425 bits per heavy atom. The number of aliphatic hydroxyl groups excluding tert-OH is 3. The van der Waals surface area contributed by atoms with Gasteiger partial charge < -0.3 is 89.9 Å². The minimum atomic E-state index is -0.347. The molecule has 0 spiro atoms. The molecule has 11 N–H and O–H groups in total. The predicted molar refractivity (Wildman–Crippen MR) is 461 cm³/mol. The number of anilines is 6. The van der Waals surface area contributed by atoms with E-state index in [1.807, 2.05) is 72.8 Å². The molecule has 9 heterocycles. The fourth-order valence-electron chi connectivity index (χ4n) is 15.4. The second-order valence-electron chi connectivity index (χ2n) is 28.6. The van der Waals surface area contributed by atoms with Gasteiger partial charge in [-0.1, -0.05) is 72.8 Å². The summed E-state index contributed by atoms with van der Waals surface area (Å²) in [5.41, 5.74) is 9.64. The molecule has 0 unspecified atom stereocenters. The first-order valence-corrected chi connectivity index (χ1v) is 39.8. The molecule has 0 aliphatic carbocycles. The molecule has 6 aromatic heterocycles. The monoisotopic (exact) mass is 1670 g/mol. The number of aromatic nitrogens is 6. The first kappa shape index (κ1) is 80.0. The maximum absolute atomic E-state index is 13.7. The van der Waals surface area contributed by atoms with Gasteiger partial charge in [0.05, 0.1) is 66.2 Å². The number of rotatable bonds is 21. The number of ether oxygens (including phenoxy) is 3. The molecule has 0 saturated carbocycles. The van der Waals surface area contributed by atoms with Crippen LogP contribution in [0.2, 0.25) is 0 Å². The summed E-state index contributed by atoms with van der Waals surface area (Å²) in [6, 6.07) is 57.5. The van der Waals surface area contributed by atoms with Crippen LogP contribution in [0.5, 0.6) is 34.5 Å². The van der Waals surface area contributed by atoms with Crippen molar-refractivity contribution in [2.24, 2.45) is 0 Å². The zero-order valence-electron chi connectivity index (χ0n) is 63.7. The number of benzene rings is 9. The number of phenols is 3. The van der Waals surface area contributed by atoms with Crippen LogP contribution in [0.1, 0.15) is 97.0 Å². The topological polar surface area (TPSA) is 372 Å². The number of H-pyrrole nitrogens is 2. The van der Waals surface area contributed by atoms with Crippen LogP contribution in [0.4, 0.5) is 34.3 Å². The highest BCUT2D eigenvalue weighted by molar-refractivity contribution is 6.21. The van der Waals surface area contributed by atoms with Crippen LogP contribution in [0.3, 0.4) is 0 Å².